The molecule has 142 valence electrons. The predicted molar refractivity (Wildman–Crippen MR) is 116 cm³/mol. The van der Waals surface area contributed by atoms with Crippen LogP contribution in [0.1, 0.15) is 24.5 Å². The molecule has 28 heavy (non-hydrogen) atoms. The molecule has 3 rings (SSSR count). The predicted octanol–water partition coefficient (Wildman–Crippen LogP) is 6.79. The molecular formula is C25H25NO2. The molecule has 0 bridgehead atoms. The first-order valence-electron chi connectivity index (χ1n) is 9.45. The molecule has 0 spiro atoms. The van der Waals surface area contributed by atoms with Gasteiger partial charge in [0.15, 0.2) is 0 Å². The van der Waals surface area contributed by atoms with Crippen LogP contribution in [-0.4, -0.2) is 5.90 Å². The minimum Gasteiger partial charge on any atom is -0.465 e. The highest BCUT2D eigenvalue weighted by molar-refractivity contribution is 5.96. The molecule has 0 unspecified atom stereocenters. The Bertz CT molecular complexity index is 957. The molecule has 0 saturated carbocycles. The van der Waals surface area contributed by atoms with E-state index in [2.05, 4.69) is 13.8 Å². The second-order valence-corrected chi connectivity index (χ2v) is 6.60. The quantitative estimate of drug-likeness (QED) is 0.271. The van der Waals surface area contributed by atoms with Gasteiger partial charge in [-0.1, -0.05) is 55.0 Å². The van der Waals surface area contributed by atoms with Gasteiger partial charge in [0.2, 0.25) is 5.90 Å². The zero-order chi connectivity index (χ0) is 19.8. The van der Waals surface area contributed by atoms with Crippen LogP contribution in [-0.2, 0) is 0 Å². The van der Waals surface area contributed by atoms with Crippen LogP contribution in [0.3, 0.4) is 0 Å². The second kappa shape index (κ2) is 9.56. The van der Waals surface area contributed by atoms with Crippen molar-refractivity contribution >= 4 is 11.6 Å². The van der Waals surface area contributed by atoms with Crippen molar-refractivity contribution in [2.24, 2.45) is 4.99 Å². The summed E-state index contributed by atoms with van der Waals surface area (Å²) >= 11 is 0. The van der Waals surface area contributed by atoms with E-state index in [-0.39, 0.29) is 0 Å². The molecule has 3 aromatic rings. The Morgan fingerprint density at radius 1 is 0.821 bits per heavy atom. The Hall–Kier alpha value is -3.33. The molecule has 0 fully saturated rings. The molecule has 3 heteroatoms. The van der Waals surface area contributed by atoms with Crippen molar-refractivity contribution in [1.29, 1.82) is 0 Å². The summed E-state index contributed by atoms with van der Waals surface area (Å²) in [7, 11) is 0. The first kappa shape index (κ1) is 19.4. The summed E-state index contributed by atoms with van der Waals surface area (Å²) in [5.41, 5.74) is 4.05. The zero-order valence-corrected chi connectivity index (χ0v) is 16.6. The molecule has 3 aromatic carbocycles. The minimum absolute atomic E-state index is 0.533. The van der Waals surface area contributed by atoms with Crippen LogP contribution in [0.5, 0.6) is 11.5 Å². The highest BCUT2D eigenvalue weighted by Crippen LogP contribution is 2.20. The SMILES string of the molecule is CCC(=C\Oc1cccc(C)c1)/C(=N/c1ccccc1)Oc1ccc(C)cc1. The lowest BCUT2D eigenvalue weighted by molar-refractivity contribution is 0.471. The van der Waals surface area contributed by atoms with E-state index in [4.69, 9.17) is 14.5 Å². The van der Waals surface area contributed by atoms with Crippen LogP contribution in [0.4, 0.5) is 5.69 Å². The average molecular weight is 371 g/mol. The van der Waals surface area contributed by atoms with Gasteiger partial charge >= 0.3 is 0 Å². The van der Waals surface area contributed by atoms with E-state index in [1.54, 1.807) is 6.26 Å². The Balaban J connectivity index is 1.91. The van der Waals surface area contributed by atoms with Crippen molar-refractivity contribution in [3.8, 4) is 11.5 Å². The van der Waals surface area contributed by atoms with Crippen molar-refractivity contribution in [3.05, 3.63) is 102 Å². The van der Waals surface area contributed by atoms with E-state index < -0.39 is 0 Å². The number of nitrogens with zero attached hydrogens (tertiary/aromatic N) is 1. The lowest BCUT2D eigenvalue weighted by Gasteiger charge is -2.12. The number of aliphatic imine (C=N–C) groups is 1. The van der Waals surface area contributed by atoms with Crippen LogP contribution in [0.15, 0.2) is 95.7 Å². The van der Waals surface area contributed by atoms with Crippen LogP contribution >= 0.6 is 0 Å². The van der Waals surface area contributed by atoms with E-state index in [0.717, 1.165) is 34.7 Å². The van der Waals surface area contributed by atoms with E-state index in [0.29, 0.717) is 5.90 Å². The molecule has 0 heterocycles. The fraction of sp³-hybridized carbons (Fsp3) is 0.160. The van der Waals surface area contributed by atoms with Crippen LogP contribution < -0.4 is 9.47 Å². The molecule has 3 nitrogen and oxygen atoms in total. The van der Waals surface area contributed by atoms with Gasteiger partial charge in [0, 0.05) is 5.57 Å². The number of ether oxygens (including phenoxy) is 2. The summed E-state index contributed by atoms with van der Waals surface area (Å²) in [6.07, 6.45) is 2.45. The molecule has 0 aliphatic rings. The number of hydrogen-bond acceptors (Lipinski definition) is 3. The van der Waals surface area contributed by atoms with Crippen molar-refractivity contribution < 1.29 is 9.47 Å². The monoisotopic (exact) mass is 371 g/mol. The zero-order valence-electron chi connectivity index (χ0n) is 16.6. The molecule has 0 radical (unpaired) electrons. The molecule has 0 amide bonds. The summed E-state index contributed by atoms with van der Waals surface area (Å²) in [5, 5.41) is 0. The van der Waals surface area contributed by atoms with Gasteiger partial charge in [-0.05, 0) is 62.2 Å². The third-order valence-corrected chi connectivity index (χ3v) is 4.20. The molecule has 0 aliphatic heterocycles. The number of hydrogen-bond donors (Lipinski definition) is 0. The standard InChI is InChI=1S/C25H25NO2/c1-4-21(18-27-24-12-8-9-20(3)17-24)25(26-22-10-6-5-7-11-22)28-23-15-13-19(2)14-16-23/h5-18H,4H2,1-3H3/b21-18+,26-25-. The first-order chi connectivity index (χ1) is 13.6. The smallest absolute Gasteiger partial charge is 0.226 e. The van der Waals surface area contributed by atoms with E-state index in [9.17, 15) is 0 Å². The second-order valence-electron chi connectivity index (χ2n) is 6.60. The minimum atomic E-state index is 0.533. The maximum absolute atomic E-state index is 6.14. The lowest BCUT2D eigenvalue weighted by Crippen LogP contribution is -2.12. The maximum Gasteiger partial charge on any atom is 0.226 e. The Labute approximate surface area is 167 Å². The molecule has 0 N–H and O–H groups in total. The highest BCUT2D eigenvalue weighted by atomic mass is 16.5. The van der Waals surface area contributed by atoms with Crippen LogP contribution in [0.2, 0.25) is 0 Å². The summed E-state index contributed by atoms with van der Waals surface area (Å²) < 4.78 is 12.0. The fourth-order valence-electron chi connectivity index (χ4n) is 2.61. The van der Waals surface area contributed by atoms with E-state index in [1.807, 2.05) is 85.8 Å². The topological polar surface area (TPSA) is 30.8 Å². The van der Waals surface area contributed by atoms with Gasteiger partial charge in [0.05, 0.1) is 11.9 Å². The van der Waals surface area contributed by atoms with Gasteiger partial charge in [-0.3, -0.25) is 0 Å². The largest absolute Gasteiger partial charge is 0.465 e. The van der Waals surface area contributed by atoms with Gasteiger partial charge in [-0.2, -0.15) is 0 Å². The molecule has 0 atom stereocenters. The maximum atomic E-state index is 6.14. The lowest BCUT2D eigenvalue weighted by atomic mass is 10.2. The fourth-order valence-corrected chi connectivity index (χ4v) is 2.61. The Morgan fingerprint density at radius 3 is 2.25 bits per heavy atom. The van der Waals surface area contributed by atoms with Crippen LogP contribution in [0.25, 0.3) is 0 Å². The average Bonchev–Trinajstić information content (AvgIpc) is 2.71. The van der Waals surface area contributed by atoms with Gasteiger partial charge in [0.1, 0.15) is 11.5 Å². The summed E-state index contributed by atoms with van der Waals surface area (Å²) in [6.45, 7) is 6.15. The molecule has 0 saturated heterocycles. The van der Waals surface area contributed by atoms with Crippen molar-refractivity contribution in [3.63, 3.8) is 0 Å². The Kier molecular flexibility index (Phi) is 6.64. The van der Waals surface area contributed by atoms with Gasteiger partial charge in [-0.15, -0.1) is 0 Å². The van der Waals surface area contributed by atoms with Crippen molar-refractivity contribution in [2.75, 3.05) is 0 Å². The number of para-hydroxylation sites is 1. The molecular weight excluding hydrogens is 346 g/mol. The van der Waals surface area contributed by atoms with Gasteiger partial charge in [-0.25, -0.2) is 4.99 Å². The third-order valence-electron chi connectivity index (χ3n) is 4.20. The van der Waals surface area contributed by atoms with Crippen LogP contribution in [0, 0.1) is 13.8 Å². The van der Waals surface area contributed by atoms with Crippen molar-refractivity contribution in [2.45, 2.75) is 27.2 Å². The highest BCUT2D eigenvalue weighted by Gasteiger charge is 2.11. The normalized spacial score (nSPS) is 12.0. The third kappa shape index (κ3) is 5.58. The summed E-state index contributed by atoms with van der Waals surface area (Å²) in [4.78, 5) is 4.72. The number of rotatable bonds is 6. The van der Waals surface area contributed by atoms with E-state index in [1.165, 1.54) is 5.56 Å². The Morgan fingerprint density at radius 2 is 1.57 bits per heavy atom. The molecule has 0 aliphatic carbocycles. The van der Waals surface area contributed by atoms with E-state index >= 15 is 0 Å². The van der Waals surface area contributed by atoms with Crippen molar-refractivity contribution in [1.82, 2.24) is 0 Å². The first-order valence-corrected chi connectivity index (χ1v) is 9.45. The van der Waals surface area contributed by atoms with Gasteiger partial charge in [0.25, 0.3) is 0 Å². The number of aryl methyl sites for hydroxylation is 2. The summed E-state index contributed by atoms with van der Waals surface area (Å²) in [6, 6.07) is 25.7. The number of benzene rings is 3. The summed E-state index contributed by atoms with van der Waals surface area (Å²) in [5.74, 6) is 2.07. The molecule has 0 aromatic heterocycles. The van der Waals surface area contributed by atoms with Gasteiger partial charge < -0.3 is 9.47 Å².